The summed E-state index contributed by atoms with van der Waals surface area (Å²) in [7, 11) is 1.66. The van der Waals surface area contributed by atoms with Crippen molar-refractivity contribution in [1.82, 2.24) is 0 Å². The zero-order chi connectivity index (χ0) is 13.9. The van der Waals surface area contributed by atoms with Crippen molar-refractivity contribution >= 4 is 17.3 Å². The molecule has 0 amide bonds. The number of ether oxygens (including phenoxy) is 2. The number of benzene rings is 1. The van der Waals surface area contributed by atoms with E-state index in [4.69, 9.17) is 21.1 Å². The molecule has 1 aromatic carbocycles. The third-order valence-corrected chi connectivity index (χ3v) is 4.21. The van der Waals surface area contributed by atoms with Crippen molar-refractivity contribution in [2.75, 3.05) is 19.0 Å². The van der Waals surface area contributed by atoms with Gasteiger partial charge in [-0.05, 0) is 38.3 Å². The monoisotopic (exact) mass is 283 g/mol. The Bertz CT molecular complexity index is 438. The van der Waals surface area contributed by atoms with Gasteiger partial charge in [0, 0.05) is 18.7 Å². The lowest BCUT2D eigenvalue weighted by Gasteiger charge is -2.38. The summed E-state index contributed by atoms with van der Waals surface area (Å²) in [6.07, 6.45) is 3.02. The van der Waals surface area contributed by atoms with E-state index in [9.17, 15) is 0 Å². The molecule has 3 nitrogen and oxygen atoms in total. The maximum Gasteiger partial charge on any atom is 0.121 e. The zero-order valence-electron chi connectivity index (χ0n) is 11.8. The number of methoxy groups -OCH3 is 1. The summed E-state index contributed by atoms with van der Waals surface area (Å²) in [5.74, 6) is 0.817. The van der Waals surface area contributed by atoms with Gasteiger partial charge in [0.25, 0.3) is 0 Å². The standard InChI is InChI=1S/C15H22ClNO2/c1-4-15(2)10-11(7-8-19-15)17-14-9-12(18-3)5-6-13(14)16/h5-6,9,11,17H,4,7-8,10H2,1-3H3. The van der Waals surface area contributed by atoms with Crippen molar-refractivity contribution in [3.05, 3.63) is 23.2 Å². The highest BCUT2D eigenvalue weighted by Gasteiger charge is 2.31. The molecule has 4 heteroatoms. The van der Waals surface area contributed by atoms with Crippen molar-refractivity contribution in [1.29, 1.82) is 0 Å². The molecule has 0 bridgehead atoms. The smallest absolute Gasteiger partial charge is 0.121 e. The second kappa shape index (κ2) is 6.02. The molecule has 0 saturated carbocycles. The molecule has 0 spiro atoms. The highest BCUT2D eigenvalue weighted by Crippen LogP contribution is 2.32. The Labute approximate surface area is 120 Å². The number of nitrogens with one attached hydrogen (secondary N) is 1. The number of hydrogen-bond acceptors (Lipinski definition) is 3. The fraction of sp³-hybridized carbons (Fsp3) is 0.600. The first-order valence-electron chi connectivity index (χ1n) is 6.80. The average molecular weight is 284 g/mol. The summed E-state index contributed by atoms with van der Waals surface area (Å²) in [5, 5.41) is 4.25. The van der Waals surface area contributed by atoms with E-state index in [0.717, 1.165) is 42.3 Å². The lowest BCUT2D eigenvalue weighted by atomic mass is 9.90. The predicted molar refractivity (Wildman–Crippen MR) is 79.3 cm³/mol. The molecule has 1 aliphatic rings. The minimum Gasteiger partial charge on any atom is -0.497 e. The Kier molecular flexibility index (Phi) is 4.58. The molecule has 1 N–H and O–H groups in total. The van der Waals surface area contributed by atoms with Gasteiger partial charge in [-0.2, -0.15) is 0 Å². The summed E-state index contributed by atoms with van der Waals surface area (Å²) in [4.78, 5) is 0. The minimum absolute atomic E-state index is 0.0265. The number of anilines is 1. The van der Waals surface area contributed by atoms with Crippen LogP contribution in [0, 0.1) is 0 Å². The topological polar surface area (TPSA) is 30.5 Å². The summed E-state index contributed by atoms with van der Waals surface area (Å²) < 4.78 is 11.1. The van der Waals surface area contributed by atoms with Gasteiger partial charge in [-0.3, -0.25) is 0 Å². The van der Waals surface area contributed by atoms with E-state index in [1.165, 1.54) is 0 Å². The zero-order valence-corrected chi connectivity index (χ0v) is 12.6. The first-order valence-corrected chi connectivity index (χ1v) is 7.18. The van der Waals surface area contributed by atoms with E-state index < -0.39 is 0 Å². The third-order valence-electron chi connectivity index (χ3n) is 3.88. The van der Waals surface area contributed by atoms with Crippen LogP contribution < -0.4 is 10.1 Å². The molecule has 2 unspecified atom stereocenters. The van der Waals surface area contributed by atoms with E-state index in [0.29, 0.717) is 6.04 Å². The first-order chi connectivity index (χ1) is 9.06. The Morgan fingerprint density at radius 2 is 2.32 bits per heavy atom. The molecule has 0 aliphatic carbocycles. The molecule has 106 valence electrons. The van der Waals surface area contributed by atoms with Crippen molar-refractivity contribution < 1.29 is 9.47 Å². The number of halogens is 1. The van der Waals surface area contributed by atoms with Crippen LogP contribution in [0.3, 0.4) is 0 Å². The van der Waals surface area contributed by atoms with Crippen molar-refractivity contribution in [3.8, 4) is 5.75 Å². The minimum atomic E-state index is -0.0265. The molecule has 0 aromatic heterocycles. The predicted octanol–water partition coefficient (Wildman–Crippen LogP) is 4.11. The molecule has 1 heterocycles. The molecule has 1 saturated heterocycles. The second-order valence-electron chi connectivity index (χ2n) is 5.33. The highest BCUT2D eigenvalue weighted by atomic mass is 35.5. The number of rotatable bonds is 4. The molecule has 2 atom stereocenters. The van der Waals surface area contributed by atoms with Crippen LogP contribution >= 0.6 is 11.6 Å². The quantitative estimate of drug-likeness (QED) is 0.902. The Morgan fingerprint density at radius 1 is 1.53 bits per heavy atom. The van der Waals surface area contributed by atoms with Crippen LogP contribution in [-0.4, -0.2) is 25.4 Å². The molecule has 0 radical (unpaired) electrons. The van der Waals surface area contributed by atoms with E-state index >= 15 is 0 Å². The van der Waals surface area contributed by atoms with Gasteiger partial charge in [0.2, 0.25) is 0 Å². The second-order valence-corrected chi connectivity index (χ2v) is 5.74. The average Bonchev–Trinajstić information content (AvgIpc) is 2.41. The molecule has 1 aliphatic heterocycles. The lowest BCUT2D eigenvalue weighted by molar-refractivity contribution is -0.0708. The van der Waals surface area contributed by atoms with Gasteiger partial charge < -0.3 is 14.8 Å². The van der Waals surface area contributed by atoms with Crippen LogP contribution in [0.1, 0.15) is 33.1 Å². The molecule has 1 fully saturated rings. The summed E-state index contributed by atoms with van der Waals surface area (Å²) in [5.41, 5.74) is 0.910. The molecule has 2 rings (SSSR count). The van der Waals surface area contributed by atoms with E-state index in [-0.39, 0.29) is 5.60 Å². The van der Waals surface area contributed by atoms with Crippen molar-refractivity contribution in [3.63, 3.8) is 0 Å². The van der Waals surface area contributed by atoms with Crippen molar-refractivity contribution in [2.45, 2.75) is 44.8 Å². The van der Waals surface area contributed by atoms with Gasteiger partial charge in [0.15, 0.2) is 0 Å². The maximum atomic E-state index is 6.23. The van der Waals surface area contributed by atoms with E-state index in [1.54, 1.807) is 7.11 Å². The molecular weight excluding hydrogens is 262 g/mol. The summed E-state index contributed by atoms with van der Waals surface area (Å²) in [6, 6.07) is 6.07. The van der Waals surface area contributed by atoms with Gasteiger partial charge in [0.05, 0.1) is 23.4 Å². The van der Waals surface area contributed by atoms with Gasteiger partial charge in [0.1, 0.15) is 5.75 Å². The normalized spacial score (nSPS) is 27.1. The van der Waals surface area contributed by atoms with Crippen molar-refractivity contribution in [2.24, 2.45) is 0 Å². The molecule has 1 aromatic rings. The van der Waals surface area contributed by atoms with Crippen LogP contribution in [0.4, 0.5) is 5.69 Å². The summed E-state index contributed by atoms with van der Waals surface area (Å²) >= 11 is 6.23. The maximum absolute atomic E-state index is 6.23. The Morgan fingerprint density at radius 3 is 3.00 bits per heavy atom. The van der Waals surface area contributed by atoms with Gasteiger partial charge in [-0.25, -0.2) is 0 Å². The first kappa shape index (κ1) is 14.5. The van der Waals surface area contributed by atoms with Gasteiger partial charge in [-0.15, -0.1) is 0 Å². The van der Waals surface area contributed by atoms with Crippen LogP contribution in [0.15, 0.2) is 18.2 Å². The fourth-order valence-electron chi connectivity index (χ4n) is 2.46. The molecule has 19 heavy (non-hydrogen) atoms. The Hall–Kier alpha value is -0.930. The fourth-order valence-corrected chi connectivity index (χ4v) is 2.63. The van der Waals surface area contributed by atoms with Crippen LogP contribution in [0.5, 0.6) is 5.75 Å². The molecular formula is C15H22ClNO2. The SMILES string of the molecule is CCC1(C)CC(Nc2cc(OC)ccc2Cl)CCO1. The van der Waals surface area contributed by atoms with E-state index in [2.05, 4.69) is 19.2 Å². The third kappa shape index (κ3) is 3.54. The van der Waals surface area contributed by atoms with Crippen LogP contribution in [-0.2, 0) is 4.74 Å². The van der Waals surface area contributed by atoms with E-state index in [1.807, 2.05) is 18.2 Å². The van der Waals surface area contributed by atoms with Gasteiger partial charge in [-0.1, -0.05) is 18.5 Å². The summed E-state index contributed by atoms with van der Waals surface area (Å²) in [6.45, 7) is 5.14. The lowest BCUT2D eigenvalue weighted by Crippen LogP contribution is -2.41. The largest absolute Gasteiger partial charge is 0.497 e. The van der Waals surface area contributed by atoms with Gasteiger partial charge >= 0.3 is 0 Å². The van der Waals surface area contributed by atoms with Crippen LogP contribution in [0.25, 0.3) is 0 Å². The number of hydrogen-bond donors (Lipinski definition) is 1. The Balaban J connectivity index is 2.08. The highest BCUT2D eigenvalue weighted by molar-refractivity contribution is 6.33. The van der Waals surface area contributed by atoms with Crippen LogP contribution in [0.2, 0.25) is 5.02 Å².